The quantitative estimate of drug-likeness (QED) is 0.0873. The van der Waals surface area contributed by atoms with Crippen LogP contribution in [0.3, 0.4) is 0 Å². The predicted molar refractivity (Wildman–Crippen MR) is 109 cm³/mol. The fourth-order valence-corrected chi connectivity index (χ4v) is 2.52. The molecule has 0 saturated heterocycles. The van der Waals surface area contributed by atoms with Crippen molar-refractivity contribution < 1.29 is 43.9 Å². The Bertz CT molecular complexity index is 1050. The molecule has 0 aliphatic carbocycles. The van der Waals surface area contributed by atoms with Gasteiger partial charge in [0.25, 0.3) is 5.97 Å². The zero-order valence-corrected chi connectivity index (χ0v) is 16.6. The second kappa shape index (κ2) is 8.71. The summed E-state index contributed by atoms with van der Waals surface area (Å²) < 4.78 is 19.8. The number of anilines is 3. The number of rotatable bonds is 8. The Labute approximate surface area is 180 Å². The normalized spacial score (nSPS) is 11.6. The Morgan fingerprint density at radius 1 is 0.969 bits per heavy atom. The lowest BCUT2D eigenvalue weighted by Crippen LogP contribution is -2.62. The van der Waals surface area contributed by atoms with Gasteiger partial charge in [-0.15, -0.1) is 0 Å². The summed E-state index contributed by atoms with van der Waals surface area (Å²) in [6.07, 6.45) is -3.39. The molecule has 0 saturated carbocycles. The minimum absolute atomic E-state index is 0.157. The molecule has 2 aromatic rings. The Balaban J connectivity index is 2.70. The first-order chi connectivity index (χ1) is 14.7. The SMILES string of the molecule is COC(=O)c1c(Oc2ccc(OC(N)(N)N)c(N)c2OC(O)(O)O)cc(N)c(C=O)c1N. The number of hydrogen-bond acceptors (Lipinski definition) is 15. The maximum atomic E-state index is 12.2. The molecule has 15 nitrogen and oxygen atoms in total. The maximum Gasteiger partial charge on any atom is 0.453 e. The number of nitrogen functional groups attached to an aromatic ring is 3. The average Bonchev–Trinajstić information content (AvgIpc) is 2.64. The highest BCUT2D eigenvalue weighted by atomic mass is 16.9. The van der Waals surface area contributed by atoms with Crippen LogP contribution in [0.1, 0.15) is 20.7 Å². The van der Waals surface area contributed by atoms with Crippen molar-refractivity contribution in [2.75, 3.05) is 24.3 Å². The summed E-state index contributed by atoms with van der Waals surface area (Å²) in [6.45, 7) is 0. The van der Waals surface area contributed by atoms with Crippen molar-refractivity contribution in [1.29, 1.82) is 0 Å². The van der Waals surface area contributed by atoms with Crippen molar-refractivity contribution >= 4 is 29.3 Å². The van der Waals surface area contributed by atoms with Crippen molar-refractivity contribution in [1.82, 2.24) is 0 Å². The minimum Gasteiger partial charge on any atom is -0.465 e. The summed E-state index contributed by atoms with van der Waals surface area (Å²) >= 11 is 0. The van der Waals surface area contributed by atoms with Gasteiger partial charge in [-0.25, -0.2) is 4.79 Å². The van der Waals surface area contributed by atoms with Crippen LogP contribution in [0.2, 0.25) is 0 Å². The Morgan fingerprint density at radius 2 is 1.56 bits per heavy atom. The van der Waals surface area contributed by atoms with Crippen LogP contribution in [-0.4, -0.2) is 46.8 Å². The number of carbonyl (C=O) groups is 2. The van der Waals surface area contributed by atoms with Gasteiger partial charge in [-0.1, -0.05) is 0 Å². The van der Waals surface area contributed by atoms with E-state index in [9.17, 15) is 24.9 Å². The standard InChI is InChI=1S/C17H22N6O9/c1-29-15(25)11-10(4-7(18)6(5-24)12(11)19)30-9-3-2-8(31-16(21,22)23)13(20)14(9)32-17(26,27)28/h2-5,26-28H,18-23H2,1H3. The summed E-state index contributed by atoms with van der Waals surface area (Å²) in [6, 6.07) is 3.32. The molecular formula is C17H22N6O9. The minimum atomic E-state index is -3.72. The number of esters is 1. The van der Waals surface area contributed by atoms with Gasteiger partial charge in [0.15, 0.2) is 23.5 Å². The average molecular weight is 454 g/mol. The van der Waals surface area contributed by atoms with Crippen molar-refractivity contribution in [3.8, 4) is 23.0 Å². The lowest BCUT2D eigenvalue weighted by atomic mass is 10.0. The van der Waals surface area contributed by atoms with E-state index in [1.54, 1.807) is 0 Å². The third-order valence-corrected chi connectivity index (χ3v) is 3.78. The molecule has 2 aromatic carbocycles. The van der Waals surface area contributed by atoms with Crippen LogP contribution in [0.25, 0.3) is 0 Å². The first-order valence-electron chi connectivity index (χ1n) is 8.46. The largest absolute Gasteiger partial charge is 0.465 e. The lowest BCUT2D eigenvalue weighted by molar-refractivity contribution is -0.419. The number of methoxy groups -OCH3 is 1. The van der Waals surface area contributed by atoms with E-state index in [0.29, 0.717) is 6.29 Å². The fraction of sp³-hybridized carbons (Fsp3) is 0.176. The molecule has 0 spiro atoms. The highest BCUT2D eigenvalue weighted by Gasteiger charge is 2.30. The number of carbonyl (C=O) groups excluding carboxylic acids is 2. The van der Waals surface area contributed by atoms with Gasteiger partial charge in [0, 0.05) is 11.8 Å². The third kappa shape index (κ3) is 5.43. The van der Waals surface area contributed by atoms with Gasteiger partial charge in [-0.2, -0.15) is 0 Å². The first-order valence-corrected chi connectivity index (χ1v) is 8.46. The summed E-state index contributed by atoms with van der Waals surface area (Å²) in [7, 11) is 1.05. The molecule has 174 valence electrons. The topological polar surface area (TPSA) is 288 Å². The summed E-state index contributed by atoms with van der Waals surface area (Å²) in [5, 5.41) is 27.8. The van der Waals surface area contributed by atoms with Crippen molar-refractivity contribution in [3.63, 3.8) is 0 Å². The third-order valence-electron chi connectivity index (χ3n) is 3.78. The monoisotopic (exact) mass is 454 g/mol. The van der Waals surface area contributed by atoms with E-state index in [1.807, 2.05) is 0 Å². The van der Waals surface area contributed by atoms with Crippen LogP contribution in [0, 0.1) is 0 Å². The molecule has 0 amide bonds. The highest BCUT2D eigenvalue weighted by Crippen LogP contribution is 2.45. The molecule has 32 heavy (non-hydrogen) atoms. The van der Waals surface area contributed by atoms with Crippen molar-refractivity contribution in [2.24, 2.45) is 17.2 Å². The Hall–Kier alpha value is -3.86. The second-order valence-corrected chi connectivity index (χ2v) is 6.31. The predicted octanol–water partition coefficient (Wildman–Crippen LogP) is -2.34. The molecular weight excluding hydrogens is 432 g/mol. The fourth-order valence-electron chi connectivity index (χ4n) is 2.52. The Kier molecular flexibility index (Phi) is 6.64. The molecule has 0 fully saturated rings. The molecule has 0 aliphatic heterocycles. The molecule has 15 N–H and O–H groups in total. The number of hydrogen-bond donors (Lipinski definition) is 9. The van der Waals surface area contributed by atoms with E-state index in [-0.39, 0.29) is 34.0 Å². The van der Waals surface area contributed by atoms with Crippen LogP contribution in [0.15, 0.2) is 18.2 Å². The molecule has 0 aromatic heterocycles. The van der Waals surface area contributed by atoms with Gasteiger partial charge in [-0.3, -0.25) is 22.0 Å². The lowest BCUT2D eigenvalue weighted by Gasteiger charge is -2.25. The Morgan fingerprint density at radius 3 is 2.06 bits per heavy atom. The van der Waals surface area contributed by atoms with Crippen LogP contribution >= 0.6 is 0 Å². The molecule has 0 atom stereocenters. The number of aldehydes is 1. The number of aliphatic hydroxyl groups is 3. The second-order valence-electron chi connectivity index (χ2n) is 6.31. The van der Waals surface area contributed by atoms with Crippen LogP contribution < -0.4 is 48.6 Å². The maximum absolute atomic E-state index is 12.2. The van der Waals surface area contributed by atoms with Gasteiger partial charge in [-0.05, 0) is 12.1 Å². The first kappa shape index (κ1) is 24.4. The number of nitrogens with two attached hydrogens (primary N) is 6. The summed E-state index contributed by atoms with van der Waals surface area (Å²) in [5.41, 5.74) is 32.0. The van der Waals surface area contributed by atoms with Crippen molar-refractivity contribution in [2.45, 2.75) is 12.1 Å². The molecule has 0 unspecified atom stereocenters. The zero-order valence-electron chi connectivity index (χ0n) is 16.6. The van der Waals surface area contributed by atoms with Gasteiger partial charge < -0.3 is 51.5 Å². The summed E-state index contributed by atoms with van der Waals surface area (Å²) in [4.78, 5) is 23.5. The van der Waals surface area contributed by atoms with Gasteiger partial charge >= 0.3 is 12.1 Å². The van der Waals surface area contributed by atoms with Crippen LogP contribution in [0.5, 0.6) is 23.0 Å². The van der Waals surface area contributed by atoms with Crippen LogP contribution in [0.4, 0.5) is 17.1 Å². The van der Waals surface area contributed by atoms with E-state index >= 15 is 0 Å². The number of ether oxygens (including phenoxy) is 4. The highest BCUT2D eigenvalue weighted by molar-refractivity contribution is 6.05. The van der Waals surface area contributed by atoms with E-state index in [2.05, 4.69) is 9.47 Å². The molecule has 15 heteroatoms. The van der Waals surface area contributed by atoms with Gasteiger partial charge in [0.2, 0.25) is 0 Å². The zero-order chi connectivity index (χ0) is 24.4. The van der Waals surface area contributed by atoms with Gasteiger partial charge in [0.1, 0.15) is 17.0 Å². The smallest absolute Gasteiger partial charge is 0.453 e. The van der Waals surface area contributed by atoms with E-state index in [4.69, 9.17) is 43.9 Å². The van der Waals surface area contributed by atoms with Crippen LogP contribution in [-0.2, 0) is 4.74 Å². The molecule has 0 heterocycles. The molecule has 0 bridgehead atoms. The molecule has 0 radical (unpaired) electrons. The van der Waals surface area contributed by atoms with Gasteiger partial charge in [0.05, 0.1) is 18.4 Å². The molecule has 2 rings (SSSR count). The number of benzene rings is 2. The van der Waals surface area contributed by atoms with Crippen molar-refractivity contribution in [3.05, 3.63) is 29.3 Å². The molecule has 0 aliphatic rings. The van der Waals surface area contributed by atoms with E-state index in [0.717, 1.165) is 25.3 Å². The van der Waals surface area contributed by atoms with E-state index in [1.165, 1.54) is 0 Å². The van der Waals surface area contributed by atoms with E-state index < -0.39 is 35.3 Å². The summed E-state index contributed by atoms with van der Waals surface area (Å²) in [5.74, 6) is -4.92.